The molecule has 0 bridgehead atoms. The van der Waals surface area contributed by atoms with Gasteiger partial charge in [-0.05, 0) is 31.2 Å². The summed E-state index contributed by atoms with van der Waals surface area (Å²) in [7, 11) is 1.51. The van der Waals surface area contributed by atoms with Crippen molar-refractivity contribution < 1.29 is 18.5 Å². The quantitative estimate of drug-likeness (QED) is 0.908. The van der Waals surface area contributed by atoms with Gasteiger partial charge < -0.3 is 9.84 Å². The van der Waals surface area contributed by atoms with Crippen molar-refractivity contribution in [2.24, 2.45) is 5.10 Å². The van der Waals surface area contributed by atoms with Crippen LogP contribution >= 0.6 is 0 Å². The van der Waals surface area contributed by atoms with Gasteiger partial charge in [-0.25, -0.2) is 9.40 Å². The van der Waals surface area contributed by atoms with Crippen LogP contribution in [0.1, 0.15) is 31.7 Å². The van der Waals surface area contributed by atoms with E-state index < -0.39 is 11.9 Å². The van der Waals surface area contributed by atoms with Crippen LogP contribution in [0.25, 0.3) is 11.4 Å². The minimum absolute atomic E-state index is 0.134. The molecule has 1 aromatic heterocycles. The first-order valence-electron chi connectivity index (χ1n) is 7.68. The van der Waals surface area contributed by atoms with Crippen molar-refractivity contribution in [2.45, 2.75) is 25.8 Å². The fourth-order valence-electron chi connectivity index (χ4n) is 2.30. The molecule has 0 saturated heterocycles. The van der Waals surface area contributed by atoms with Crippen LogP contribution in [-0.4, -0.2) is 39.7 Å². The number of carbonyl (C=O) groups is 2. The lowest BCUT2D eigenvalue weighted by molar-refractivity contribution is -0.130. The van der Waals surface area contributed by atoms with E-state index in [0.29, 0.717) is 11.4 Å². The largest absolute Gasteiger partial charge is 0.339 e. The highest BCUT2D eigenvalue weighted by atomic mass is 19.1. The fourth-order valence-corrected chi connectivity index (χ4v) is 2.30. The van der Waals surface area contributed by atoms with Crippen LogP contribution in [-0.2, 0) is 9.59 Å². The number of aromatic nitrogens is 2. The normalized spacial score (nSPS) is 15.7. The van der Waals surface area contributed by atoms with Crippen LogP contribution in [0.5, 0.6) is 0 Å². The van der Waals surface area contributed by atoms with Crippen molar-refractivity contribution >= 4 is 17.5 Å². The van der Waals surface area contributed by atoms with Crippen LogP contribution in [0.3, 0.4) is 0 Å². The van der Waals surface area contributed by atoms with Gasteiger partial charge in [-0.2, -0.15) is 10.1 Å². The summed E-state index contributed by atoms with van der Waals surface area (Å²) in [6, 6.07) is 5.14. The van der Waals surface area contributed by atoms with E-state index in [4.69, 9.17) is 4.52 Å². The van der Waals surface area contributed by atoms with Crippen LogP contribution in [0.4, 0.5) is 4.39 Å². The molecule has 0 unspecified atom stereocenters. The van der Waals surface area contributed by atoms with Gasteiger partial charge >= 0.3 is 0 Å². The average Bonchev–Trinajstić information content (AvgIpc) is 3.08. The second kappa shape index (κ2) is 6.80. The summed E-state index contributed by atoms with van der Waals surface area (Å²) in [4.78, 5) is 27.8. The number of hydrazone groups is 1. The average molecular weight is 345 g/mol. The van der Waals surface area contributed by atoms with Gasteiger partial charge in [0.05, 0.1) is 0 Å². The van der Waals surface area contributed by atoms with Crippen molar-refractivity contribution in [2.75, 3.05) is 7.05 Å². The van der Waals surface area contributed by atoms with Gasteiger partial charge in [0.25, 0.3) is 5.91 Å². The summed E-state index contributed by atoms with van der Waals surface area (Å²) in [6.07, 6.45) is 0.527. The van der Waals surface area contributed by atoms with E-state index in [1.807, 2.05) is 0 Å². The Morgan fingerprint density at radius 2 is 2.04 bits per heavy atom. The van der Waals surface area contributed by atoms with Crippen molar-refractivity contribution in [3.8, 4) is 11.4 Å². The summed E-state index contributed by atoms with van der Waals surface area (Å²) < 4.78 is 18.1. The smallest absolute Gasteiger partial charge is 0.268 e. The molecule has 1 aromatic carbocycles. The number of rotatable bonds is 4. The lowest BCUT2D eigenvalue weighted by atomic mass is 10.1. The third-order valence-corrected chi connectivity index (χ3v) is 3.73. The van der Waals surface area contributed by atoms with Crippen LogP contribution in [0.2, 0.25) is 0 Å². The molecular weight excluding hydrogens is 329 g/mol. The van der Waals surface area contributed by atoms with E-state index in [1.54, 1.807) is 6.92 Å². The highest BCUT2D eigenvalue weighted by Gasteiger charge is 2.24. The number of hydrogen-bond acceptors (Lipinski definition) is 6. The van der Waals surface area contributed by atoms with Crippen molar-refractivity contribution in [1.82, 2.24) is 20.5 Å². The summed E-state index contributed by atoms with van der Waals surface area (Å²) in [5.74, 6) is -0.367. The zero-order valence-corrected chi connectivity index (χ0v) is 13.7. The van der Waals surface area contributed by atoms with Gasteiger partial charge in [0.2, 0.25) is 17.6 Å². The molecule has 2 amide bonds. The molecule has 0 aliphatic carbocycles. The predicted molar refractivity (Wildman–Crippen MR) is 85.7 cm³/mol. The van der Waals surface area contributed by atoms with Crippen LogP contribution in [0, 0.1) is 5.82 Å². The fraction of sp³-hybridized carbons (Fsp3) is 0.312. The monoisotopic (exact) mass is 345 g/mol. The van der Waals surface area contributed by atoms with Gasteiger partial charge in [0, 0.05) is 25.5 Å². The number of benzene rings is 1. The lowest BCUT2D eigenvalue weighted by Gasteiger charge is -2.19. The molecule has 2 heterocycles. The second-order valence-electron chi connectivity index (χ2n) is 5.62. The van der Waals surface area contributed by atoms with Gasteiger partial charge in [-0.3, -0.25) is 9.59 Å². The minimum Gasteiger partial charge on any atom is -0.339 e. The number of halogens is 1. The Morgan fingerprint density at radius 3 is 2.72 bits per heavy atom. The molecule has 0 fully saturated rings. The molecular formula is C16H16FN5O3. The third-order valence-electron chi connectivity index (χ3n) is 3.73. The molecule has 1 atom stereocenters. The molecule has 1 N–H and O–H groups in total. The van der Waals surface area contributed by atoms with Crippen molar-refractivity contribution in [3.63, 3.8) is 0 Å². The Hall–Kier alpha value is -3.10. The first-order chi connectivity index (χ1) is 11.9. The minimum atomic E-state index is -0.542. The maximum Gasteiger partial charge on any atom is 0.268 e. The molecule has 0 radical (unpaired) electrons. The molecule has 3 rings (SSSR count). The number of hydrogen-bond donors (Lipinski definition) is 1. The number of amides is 2. The Bertz CT molecular complexity index is 831. The zero-order chi connectivity index (χ0) is 18.0. The molecule has 1 aliphatic rings. The topological polar surface area (TPSA) is 101 Å². The van der Waals surface area contributed by atoms with Gasteiger partial charge in [0.1, 0.15) is 17.6 Å². The second-order valence-corrected chi connectivity index (χ2v) is 5.62. The first-order valence-corrected chi connectivity index (χ1v) is 7.68. The third kappa shape index (κ3) is 3.70. The van der Waals surface area contributed by atoms with E-state index in [9.17, 15) is 14.0 Å². The van der Waals surface area contributed by atoms with E-state index >= 15 is 0 Å². The maximum absolute atomic E-state index is 13.0. The van der Waals surface area contributed by atoms with E-state index in [2.05, 4.69) is 20.6 Å². The molecule has 25 heavy (non-hydrogen) atoms. The highest BCUT2D eigenvalue weighted by molar-refractivity contribution is 6.39. The SMILES string of the molecule is C[C@H](NC(=O)C1=NN(C)C(=O)CC1)c1nc(-c2ccc(F)cc2)no1. The van der Waals surface area contributed by atoms with E-state index in [1.165, 1.54) is 31.3 Å². The van der Waals surface area contributed by atoms with Crippen molar-refractivity contribution in [3.05, 3.63) is 36.0 Å². The van der Waals surface area contributed by atoms with Crippen LogP contribution < -0.4 is 5.32 Å². The number of carbonyl (C=O) groups excluding carboxylic acids is 2. The van der Waals surface area contributed by atoms with E-state index in [0.717, 1.165) is 5.01 Å². The molecule has 0 spiro atoms. The first kappa shape index (κ1) is 16.7. The molecule has 0 saturated carbocycles. The summed E-state index contributed by atoms with van der Waals surface area (Å²) in [6.45, 7) is 1.69. The number of nitrogens with one attached hydrogen (secondary N) is 1. The lowest BCUT2D eigenvalue weighted by Crippen LogP contribution is -2.38. The zero-order valence-electron chi connectivity index (χ0n) is 13.7. The molecule has 1 aliphatic heterocycles. The summed E-state index contributed by atoms with van der Waals surface area (Å²) in [5.41, 5.74) is 0.874. The van der Waals surface area contributed by atoms with Crippen molar-refractivity contribution in [1.29, 1.82) is 0 Å². The van der Waals surface area contributed by atoms with E-state index in [-0.39, 0.29) is 36.2 Å². The molecule has 9 heteroatoms. The van der Waals surface area contributed by atoms with Gasteiger partial charge in [0.15, 0.2) is 0 Å². The Kier molecular flexibility index (Phi) is 4.55. The Balaban J connectivity index is 1.68. The molecule has 8 nitrogen and oxygen atoms in total. The Labute approximate surface area is 142 Å². The predicted octanol–water partition coefficient (Wildman–Crippen LogP) is 1.66. The standard InChI is InChI=1S/C16H16FN5O3/c1-9(18-15(24)12-7-8-13(23)22(2)20-12)16-19-14(21-25-16)10-3-5-11(17)6-4-10/h3-6,9H,7-8H2,1-2H3,(H,18,24)/t9-/m0/s1. The van der Waals surface area contributed by atoms with Gasteiger partial charge in [-0.1, -0.05) is 5.16 Å². The summed E-state index contributed by atoms with van der Waals surface area (Å²) in [5, 5.41) is 11.7. The molecule has 2 aromatic rings. The highest BCUT2D eigenvalue weighted by Crippen LogP contribution is 2.19. The molecule has 130 valence electrons. The number of nitrogens with zero attached hydrogens (tertiary/aromatic N) is 4. The van der Waals surface area contributed by atoms with Gasteiger partial charge in [-0.15, -0.1) is 0 Å². The Morgan fingerprint density at radius 1 is 1.32 bits per heavy atom. The van der Waals surface area contributed by atoms with Crippen LogP contribution in [0.15, 0.2) is 33.9 Å². The summed E-state index contributed by atoms with van der Waals surface area (Å²) >= 11 is 0. The maximum atomic E-state index is 13.0.